The van der Waals surface area contributed by atoms with Gasteiger partial charge in [0.15, 0.2) is 5.65 Å². The molecular formula is C20H18FN5O2. The number of nitrogens with one attached hydrogen (secondary N) is 2. The summed E-state index contributed by atoms with van der Waals surface area (Å²) in [5, 5.41) is 12.7. The van der Waals surface area contributed by atoms with E-state index in [2.05, 4.69) is 25.5 Å². The Bertz CT molecular complexity index is 1140. The van der Waals surface area contributed by atoms with Gasteiger partial charge in [0.1, 0.15) is 17.7 Å². The lowest BCUT2D eigenvalue weighted by Crippen LogP contribution is -2.26. The minimum Gasteiger partial charge on any atom is -0.474 e. The van der Waals surface area contributed by atoms with Gasteiger partial charge >= 0.3 is 0 Å². The average Bonchev–Trinajstić information content (AvgIpc) is 3.11. The average molecular weight is 379 g/mol. The number of aromatic amines is 1. The van der Waals surface area contributed by atoms with Crippen LogP contribution in [0.3, 0.4) is 0 Å². The minimum absolute atomic E-state index is 0.128. The van der Waals surface area contributed by atoms with Gasteiger partial charge in [-0.05, 0) is 35.7 Å². The first-order valence-corrected chi connectivity index (χ1v) is 9.16. The Hall–Kier alpha value is -3.26. The summed E-state index contributed by atoms with van der Waals surface area (Å²) in [7, 11) is 0. The summed E-state index contributed by atoms with van der Waals surface area (Å²) in [6.07, 6.45) is 4.76. The van der Waals surface area contributed by atoms with Gasteiger partial charge in [-0.2, -0.15) is 5.10 Å². The highest BCUT2D eigenvalue weighted by atomic mass is 19.1. The van der Waals surface area contributed by atoms with E-state index in [-0.39, 0.29) is 6.10 Å². The van der Waals surface area contributed by atoms with Gasteiger partial charge in [-0.25, -0.2) is 14.4 Å². The van der Waals surface area contributed by atoms with E-state index in [0.717, 1.165) is 48.7 Å². The van der Waals surface area contributed by atoms with Crippen LogP contribution >= 0.6 is 0 Å². The molecule has 1 saturated heterocycles. The number of hydrogen-bond donors (Lipinski definition) is 2. The molecule has 0 saturated carbocycles. The van der Waals surface area contributed by atoms with Crippen molar-refractivity contribution >= 4 is 33.3 Å². The lowest BCUT2D eigenvalue weighted by Gasteiger charge is -2.23. The van der Waals surface area contributed by atoms with E-state index >= 15 is 0 Å². The van der Waals surface area contributed by atoms with Crippen LogP contribution in [0.2, 0.25) is 0 Å². The maximum Gasteiger partial charge on any atom is 0.221 e. The van der Waals surface area contributed by atoms with Crippen LogP contribution in [-0.4, -0.2) is 39.5 Å². The van der Waals surface area contributed by atoms with Crippen molar-refractivity contribution in [1.29, 1.82) is 0 Å². The van der Waals surface area contributed by atoms with E-state index in [0.29, 0.717) is 22.7 Å². The van der Waals surface area contributed by atoms with Gasteiger partial charge in [0.2, 0.25) is 5.88 Å². The third-order valence-electron chi connectivity index (χ3n) is 4.82. The normalized spacial score (nSPS) is 15.2. The van der Waals surface area contributed by atoms with Crippen LogP contribution in [0.15, 0.2) is 42.7 Å². The molecule has 0 amide bonds. The Morgan fingerprint density at radius 3 is 2.89 bits per heavy atom. The van der Waals surface area contributed by atoms with Crippen molar-refractivity contribution in [3.05, 3.63) is 48.5 Å². The van der Waals surface area contributed by atoms with Crippen molar-refractivity contribution in [2.45, 2.75) is 18.9 Å². The molecule has 0 atom stereocenters. The van der Waals surface area contributed by atoms with Crippen molar-refractivity contribution < 1.29 is 13.9 Å². The summed E-state index contributed by atoms with van der Waals surface area (Å²) in [5.41, 5.74) is 1.30. The number of benzene rings is 1. The largest absolute Gasteiger partial charge is 0.474 e. The van der Waals surface area contributed by atoms with Gasteiger partial charge in [0.05, 0.1) is 24.8 Å². The monoisotopic (exact) mass is 379 g/mol. The fourth-order valence-corrected chi connectivity index (χ4v) is 3.39. The first-order valence-electron chi connectivity index (χ1n) is 9.16. The number of ether oxygens (including phenoxy) is 2. The Labute approximate surface area is 159 Å². The maximum atomic E-state index is 13.5. The smallest absolute Gasteiger partial charge is 0.221 e. The van der Waals surface area contributed by atoms with Crippen LogP contribution in [0.5, 0.6) is 5.88 Å². The predicted octanol–water partition coefficient (Wildman–Crippen LogP) is 3.95. The van der Waals surface area contributed by atoms with E-state index in [9.17, 15) is 4.39 Å². The Morgan fingerprint density at radius 1 is 1.11 bits per heavy atom. The molecule has 0 spiro atoms. The molecule has 3 aromatic heterocycles. The van der Waals surface area contributed by atoms with Crippen molar-refractivity contribution in [3.8, 4) is 5.88 Å². The lowest BCUT2D eigenvalue weighted by molar-refractivity contribution is 0.0244. The number of rotatable bonds is 4. The second-order valence-electron chi connectivity index (χ2n) is 6.73. The molecule has 1 aromatic carbocycles. The van der Waals surface area contributed by atoms with E-state index in [1.807, 2.05) is 24.3 Å². The third-order valence-corrected chi connectivity index (χ3v) is 4.82. The first-order chi connectivity index (χ1) is 13.8. The number of halogens is 1. The molecule has 0 bridgehead atoms. The quantitative estimate of drug-likeness (QED) is 0.559. The summed E-state index contributed by atoms with van der Waals surface area (Å²) in [5.74, 6) is 0.819. The van der Waals surface area contributed by atoms with Crippen molar-refractivity contribution in [2.75, 3.05) is 18.5 Å². The van der Waals surface area contributed by atoms with Crippen molar-refractivity contribution in [3.63, 3.8) is 0 Å². The van der Waals surface area contributed by atoms with Gasteiger partial charge in [0, 0.05) is 30.1 Å². The van der Waals surface area contributed by atoms with Crippen LogP contribution in [0.4, 0.5) is 15.9 Å². The predicted molar refractivity (Wildman–Crippen MR) is 103 cm³/mol. The van der Waals surface area contributed by atoms with Crippen LogP contribution in [0, 0.1) is 5.82 Å². The van der Waals surface area contributed by atoms with E-state index in [1.54, 1.807) is 6.20 Å². The van der Waals surface area contributed by atoms with Crippen LogP contribution in [0.25, 0.3) is 21.8 Å². The zero-order chi connectivity index (χ0) is 18.9. The number of H-pyrrole nitrogens is 1. The molecular weight excluding hydrogens is 361 g/mol. The number of hydrogen-bond acceptors (Lipinski definition) is 6. The second kappa shape index (κ2) is 7.05. The van der Waals surface area contributed by atoms with Gasteiger partial charge in [-0.3, -0.25) is 5.10 Å². The zero-order valence-corrected chi connectivity index (χ0v) is 15.0. The minimum atomic E-state index is -0.406. The van der Waals surface area contributed by atoms with Gasteiger partial charge < -0.3 is 14.8 Å². The molecule has 2 N–H and O–H groups in total. The molecule has 1 aliphatic heterocycles. The fraction of sp³-hybridized carbons (Fsp3) is 0.250. The molecule has 8 heteroatoms. The van der Waals surface area contributed by atoms with Crippen molar-refractivity contribution in [1.82, 2.24) is 20.2 Å². The molecule has 7 nitrogen and oxygen atoms in total. The molecule has 4 heterocycles. The Kier molecular flexibility index (Phi) is 4.25. The lowest BCUT2D eigenvalue weighted by atomic mass is 10.1. The Morgan fingerprint density at radius 2 is 2.00 bits per heavy atom. The van der Waals surface area contributed by atoms with Crippen molar-refractivity contribution in [2.24, 2.45) is 0 Å². The molecule has 28 heavy (non-hydrogen) atoms. The van der Waals surface area contributed by atoms with Crippen LogP contribution in [-0.2, 0) is 4.74 Å². The van der Waals surface area contributed by atoms with Crippen LogP contribution in [0.1, 0.15) is 12.8 Å². The maximum absolute atomic E-state index is 13.5. The molecule has 142 valence electrons. The standard InChI is InChI=1S/C20H18FN5O2/c21-13-10-17-18(23-11-13)25-26-19(17)24-14-1-2-16-12(9-14)3-6-22-20(16)28-15-4-7-27-8-5-15/h1-3,6,9-11,15H,4-5,7-8H2,(H2,23,24,25,26). The van der Waals surface area contributed by atoms with E-state index < -0.39 is 5.82 Å². The second-order valence-corrected chi connectivity index (χ2v) is 6.73. The third kappa shape index (κ3) is 3.22. The molecule has 0 aliphatic carbocycles. The fourth-order valence-electron chi connectivity index (χ4n) is 3.39. The molecule has 0 radical (unpaired) electrons. The molecule has 1 aliphatic rings. The summed E-state index contributed by atoms with van der Waals surface area (Å²) in [6.45, 7) is 1.44. The highest BCUT2D eigenvalue weighted by Crippen LogP contribution is 2.30. The number of anilines is 2. The van der Waals surface area contributed by atoms with Gasteiger partial charge in [-0.1, -0.05) is 0 Å². The first kappa shape index (κ1) is 16.9. The van der Waals surface area contributed by atoms with E-state index in [4.69, 9.17) is 9.47 Å². The topological polar surface area (TPSA) is 85.0 Å². The zero-order valence-electron chi connectivity index (χ0n) is 15.0. The van der Waals surface area contributed by atoms with Gasteiger partial charge in [-0.15, -0.1) is 0 Å². The summed E-state index contributed by atoms with van der Waals surface area (Å²) in [4.78, 5) is 8.38. The molecule has 5 rings (SSSR count). The highest BCUT2D eigenvalue weighted by Gasteiger charge is 2.17. The number of pyridine rings is 2. The molecule has 0 unspecified atom stereocenters. The van der Waals surface area contributed by atoms with Gasteiger partial charge in [0.25, 0.3) is 0 Å². The number of fused-ring (bicyclic) bond motifs is 2. The molecule has 4 aromatic rings. The van der Waals surface area contributed by atoms with Crippen LogP contribution < -0.4 is 10.1 Å². The number of nitrogens with zero attached hydrogens (tertiary/aromatic N) is 3. The molecule has 1 fully saturated rings. The van der Waals surface area contributed by atoms with E-state index in [1.165, 1.54) is 6.07 Å². The highest BCUT2D eigenvalue weighted by molar-refractivity contribution is 5.93. The number of aromatic nitrogens is 4. The summed E-state index contributed by atoms with van der Waals surface area (Å²) < 4.78 is 25.0. The SMILES string of the molecule is Fc1cnc2n[nH]c(Nc3ccc4c(OC5CCOCC5)nccc4c3)c2c1. The Balaban J connectivity index is 1.44. The summed E-state index contributed by atoms with van der Waals surface area (Å²) >= 11 is 0. The summed E-state index contributed by atoms with van der Waals surface area (Å²) in [6, 6.07) is 9.23.